The largest absolute Gasteiger partial charge is 0.497 e. The minimum Gasteiger partial charge on any atom is -0.497 e. The third kappa shape index (κ3) is 4.26. The van der Waals surface area contributed by atoms with Gasteiger partial charge in [0.25, 0.3) is 0 Å². The van der Waals surface area contributed by atoms with E-state index in [2.05, 4.69) is 5.32 Å². The third-order valence-corrected chi connectivity index (χ3v) is 4.01. The highest BCUT2D eigenvalue weighted by Gasteiger charge is 2.26. The summed E-state index contributed by atoms with van der Waals surface area (Å²) < 4.78 is 10.7. The maximum Gasteiger partial charge on any atom is 0.224 e. The number of fused-ring (bicyclic) bond motifs is 1. The molecule has 0 spiro atoms. The van der Waals surface area contributed by atoms with Crippen molar-refractivity contribution in [1.29, 1.82) is 0 Å². The number of aliphatic hydroxyl groups excluding tert-OH is 1. The highest BCUT2D eigenvalue weighted by atomic mass is 16.5. The molecule has 1 atom stereocenters. The Hall–Kier alpha value is -2.01. The Balaban J connectivity index is 2.11. The lowest BCUT2D eigenvalue weighted by Gasteiger charge is -2.31. The van der Waals surface area contributed by atoms with Crippen molar-refractivity contribution in [3.63, 3.8) is 0 Å². The number of hydrogen-bond acceptors (Lipinski definition) is 4. The number of methoxy groups -OCH3 is 1. The van der Waals surface area contributed by atoms with Crippen molar-refractivity contribution in [2.75, 3.05) is 13.7 Å². The van der Waals surface area contributed by atoms with Crippen LogP contribution in [-0.4, -0.2) is 30.8 Å². The lowest BCUT2D eigenvalue weighted by molar-refractivity contribution is -0.122. The smallest absolute Gasteiger partial charge is 0.224 e. The van der Waals surface area contributed by atoms with Crippen molar-refractivity contribution >= 4 is 16.9 Å². The van der Waals surface area contributed by atoms with Gasteiger partial charge in [-0.2, -0.15) is 0 Å². The summed E-state index contributed by atoms with van der Waals surface area (Å²) in [5.74, 6) is 0.649. The second-order valence-electron chi connectivity index (χ2n) is 6.80. The molecule has 1 amide bonds. The number of benzene rings is 1. The molecular weight excluding hydrogens is 294 g/mol. The van der Waals surface area contributed by atoms with Crippen LogP contribution in [-0.2, 0) is 11.2 Å². The van der Waals surface area contributed by atoms with E-state index in [9.17, 15) is 9.90 Å². The molecule has 1 aromatic heterocycles. The molecule has 1 heterocycles. The Morgan fingerprint density at radius 3 is 2.74 bits per heavy atom. The summed E-state index contributed by atoms with van der Waals surface area (Å²) in [5.41, 5.74) is 1.44. The molecule has 5 nitrogen and oxygen atoms in total. The van der Waals surface area contributed by atoms with Crippen molar-refractivity contribution < 1.29 is 19.1 Å². The topological polar surface area (TPSA) is 71.7 Å². The van der Waals surface area contributed by atoms with E-state index in [1.807, 2.05) is 32.9 Å². The Morgan fingerprint density at radius 1 is 1.39 bits per heavy atom. The van der Waals surface area contributed by atoms with Crippen LogP contribution in [0.3, 0.4) is 0 Å². The van der Waals surface area contributed by atoms with Gasteiger partial charge in [-0.05, 0) is 24.0 Å². The molecule has 0 bridgehead atoms. The molecule has 2 aromatic rings. The minimum absolute atomic E-state index is 0.0522. The first-order valence-corrected chi connectivity index (χ1v) is 7.79. The molecule has 0 fully saturated rings. The summed E-state index contributed by atoms with van der Waals surface area (Å²) >= 11 is 0. The van der Waals surface area contributed by atoms with Gasteiger partial charge in [-0.3, -0.25) is 4.79 Å². The van der Waals surface area contributed by atoms with Gasteiger partial charge in [0.1, 0.15) is 11.3 Å². The summed E-state index contributed by atoms with van der Waals surface area (Å²) in [7, 11) is 1.60. The molecule has 0 saturated heterocycles. The number of furan rings is 1. The Morgan fingerprint density at radius 2 is 2.13 bits per heavy atom. The highest BCUT2D eigenvalue weighted by molar-refractivity contribution is 5.88. The molecule has 0 aliphatic carbocycles. The van der Waals surface area contributed by atoms with E-state index in [0.717, 1.165) is 16.7 Å². The van der Waals surface area contributed by atoms with E-state index >= 15 is 0 Å². The van der Waals surface area contributed by atoms with Crippen LogP contribution in [0.15, 0.2) is 28.9 Å². The molecule has 5 heteroatoms. The highest BCUT2D eigenvalue weighted by Crippen LogP contribution is 2.26. The minimum atomic E-state index is -0.107. The zero-order valence-electron chi connectivity index (χ0n) is 14.2. The molecule has 0 saturated carbocycles. The SMILES string of the molecule is COc1ccc2c(CC(=O)NC(CCO)C(C)(C)C)coc2c1. The zero-order chi connectivity index (χ0) is 17.0. The van der Waals surface area contributed by atoms with Crippen molar-refractivity contribution in [2.45, 2.75) is 39.7 Å². The standard InChI is InChI=1S/C18H25NO4/c1-18(2,3)16(7-8-20)19-17(21)9-12-11-23-15-10-13(22-4)5-6-14(12)15/h5-6,10-11,16,20H,7-9H2,1-4H3,(H,19,21). The molecule has 23 heavy (non-hydrogen) atoms. The number of carbonyl (C=O) groups is 1. The van der Waals surface area contributed by atoms with Gasteiger partial charge in [0.05, 0.1) is 19.8 Å². The van der Waals surface area contributed by atoms with E-state index in [1.54, 1.807) is 19.4 Å². The molecule has 126 valence electrons. The maximum atomic E-state index is 12.4. The van der Waals surface area contributed by atoms with E-state index in [0.29, 0.717) is 12.0 Å². The van der Waals surface area contributed by atoms with Gasteiger partial charge in [0.15, 0.2) is 0 Å². The van der Waals surface area contributed by atoms with Crippen LogP contribution in [0.2, 0.25) is 0 Å². The lowest BCUT2D eigenvalue weighted by atomic mass is 9.85. The Kier molecular flexibility index (Phi) is 5.31. The zero-order valence-corrected chi connectivity index (χ0v) is 14.2. The number of carbonyl (C=O) groups excluding carboxylic acids is 1. The van der Waals surface area contributed by atoms with Gasteiger partial charge in [-0.1, -0.05) is 20.8 Å². The van der Waals surface area contributed by atoms with Crippen molar-refractivity contribution in [3.8, 4) is 5.75 Å². The fourth-order valence-corrected chi connectivity index (χ4v) is 2.60. The Labute approximate surface area is 136 Å². The first-order chi connectivity index (χ1) is 10.8. The number of amides is 1. The van der Waals surface area contributed by atoms with Gasteiger partial charge in [-0.25, -0.2) is 0 Å². The summed E-state index contributed by atoms with van der Waals surface area (Å²) in [6, 6.07) is 5.48. The van der Waals surface area contributed by atoms with Crippen molar-refractivity contribution in [2.24, 2.45) is 5.41 Å². The van der Waals surface area contributed by atoms with Crippen LogP contribution in [0.5, 0.6) is 5.75 Å². The fourth-order valence-electron chi connectivity index (χ4n) is 2.60. The number of ether oxygens (including phenoxy) is 1. The van der Waals surface area contributed by atoms with Gasteiger partial charge in [-0.15, -0.1) is 0 Å². The van der Waals surface area contributed by atoms with Gasteiger partial charge >= 0.3 is 0 Å². The monoisotopic (exact) mass is 319 g/mol. The van der Waals surface area contributed by atoms with Crippen molar-refractivity contribution in [1.82, 2.24) is 5.32 Å². The van der Waals surface area contributed by atoms with E-state index in [4.69, 9.17) is 9.15 Å². The summed E-state index contributed by atoms with van der Waals surface area (Å²) in [6.07, 6.45) is 2.40. The number of rotatable bonds is 6. The second kappa shape index (κ2) is 7.04. The van der Waals surface area contributed by atoms with Gasteiger partial charge in [0, 0.05) is 29.7 Å². The summed E-state index contributed by atoms with van der Waals surface area (Å²) in [4.78, 5) is 12.4. The lowest BCUT2D eigenvalue weighted by Crippen LogP contribution is -2.44. The van der Waals surface area contributed by atoms with E-state index < -0.39 is 0 Å². The van der Waals surface area contributed by atoms with Crippen LogP contribution in [0.1, 0.15) is 32.8 Å². The molecular formula is C18H25NO4. The molecule has 0 aliphatic heterocycles. The molecule has 0 radical (unpaired) electrons. The summed E-state index contributed by atoms with van der Waals surface area (Å²) in [6.45, 7) is 6.20. The molecule has 0 aliphatic rings. The van der Waals surface area contributed by atoms with Crippen LogP contribution in [0.4, 0.5) is 0 Å². The number of hydrogen-bond donors (Lipinski definition) is 2. The van der Waals surface area contributed by atoms with Crippen LogP contribution < -0.4 is 10.1 Å². The average Bonchev–Trinajstić information content (AvgIpc) is 2.88. The third-order valence-electron chi connectivity index (χ3n) is 4.01. The quantitative estimate of drug-likeness (QED) is 0.859. The van der Waals surface area contributed by atoms with E-state index in [-0.39, 0.29) is 30.4 Å². The van der Waals surface area contributed by atoms with Crippen LogP contribution in [0, 0.1) is 5.41 Å². The molecule has 2 rings (SSSR count). The van der Waals surface area contributed by atoms with Crippen LogP contribution in [0.25, 0.3) is 11.0 Å². The Bertz CT molecular complexity index is 669. The van der Waals surface area contributed by atoms with Gasteiger partial charge in [0.2, 0.25) is 5.91 Å². The number of aliphatic hydroxyl groups is 1. The predicted molar refractivity (Wildman–Crippen MR) is 89.6 cm³/mol. The predicted octanol–water partition coefficient (Wildman–Crippen LogP) is 2.90. The average molecular weight is 319 g/mol. The number of nitrogens with one attached hydrogen (secondary N) is 1. The second-order valence-corrected chi connectivity index (χ2v) is 6.80. The van der Waals surface area contributed by atoms with E-state index in [1.165, 1.54) is 0 Å². The molecule has 1 aromatic carbocycles. The maximum absolute atomic E-state index is 12.4. The normalized spacial score (nSPS) is 13.1. The first-order valence-electron chi connectivity index (χ1n) is 7.79. The van der Waals surface area contributed by atoms with Gasteiger partial charge < -0.3 is 19.6 Å². The summed E-state index contributed by atoms with van der Waals surface area (Å²) in [5, 5.41) is 13.1. The van der Waals surface area contributed by atoms with Crippen LogP contribution >= 0.6 is 0 Å². The first kappa shape index (κ1) is 17.3. The fraction of sp³-hybridized carbons (Fsp3) is 0.500. The molecule has 2 N–H and O–H groups in total. The molecule has 1 unspecified atom stereocenters. The van der Waals surface area contributed by atoms with Crippen molar-refractivity contribution in [3.05, 3.63) is 30.0 Å².